The molecule has 0 aliphatic rings. The van der Waals surface area contributed by atoms with E-state index in [0.717, 1.165) is 7.05 Å². The highest BCUT2D eigenvalue weighted by atomic mass is 19.4. The molecule has 0 N–H and O–H groups in total. The molecule has 0 aromatic rings. The Balaban J connectivity index is 3.59. The van der Waals surface area contributed by atoms with Crippen molar-refractivity contribution in [2.45, 2.75) is 6.18 Å². The van der Waals surface area contributed by atoms with Gasteiger partial charge in [-0.15, -0.1) is 0 Å². The third-order valence-electron chi connectivity index (χ3n) is 0.609. The molecule has 1 amide bonds. The molecule has 0 fully saturated rings. The molecule has 0 aliphatic heterocycles. The summed E-state index contributed by atoms with van der Waals surface area (Å²) < 4.78 is 33.9. The molecular formula is C4H6F3NO. The van der Waals surface area contributed by atoms with E-state index in [1.807, 2.05) is 0 Å². The Hall–Kier alpha value is -0.740. The highest BCUT2D eigenvalue weighted by Crippen LogP contribution is 2.14. The monoisotopic (exact) mass is 141 g/mol. The average Bonchev–Trinajstić information content (AvgIpc) is 1.62. The van der Waals surface area contributed by atoms with Gasteiger partial charge in [-0.1, -0.05) is 0 Å². The fourth-order valence-electron chi connectivity index (χ4n) is 0.320. The van der Waals surface area contributed by atoms with Gasteiger partial charge in [-0.05, 0) is 0 Å². The number of halogens is 3. The van der Waals surface area contributed by atoms with Crippen molar-refractivity contribution in [2.75, 3.05) is 13.6 Å². The van der Waals surface area contributed by atoms with E-state index in [1.54, 1.807) is 0 Å². The van der Waals surface area contributed by atoms with Crippen molar-refractivity contribution in [3.8, 4) is 0 Å². The minimum atomic E-state index is -4.28. The summed E-state index contributed by atoms with van der Waals surface area (Å²) in [5, 5.41) is 0. The van der Waals surface area contributed by atoms with Gasteiger partial charge in [-0.3, -0.25) is 4.79 Å². The van der Waals surface area contributed by atoms with E-state index in [4.69, 9.17) is 0 Å². The molecule has 0 aromatic heterocycles. The molecule has 9 heavy (non-hydrogen) atoms. The fourth-order valence-corrected chi connectivity index (χ4v) is 0.320. The van der Waals surface area contributed by atoms with Crippen LogP contribution in [0.5, 0.6) is 0 Å². The van der Waals surface area contributed by atoms with Crippen molar-refractivity contribution in [2.24, 2.45) is 0 Å². The first-order chi connectivity index (χ1) is 3.95. The van der Waals surface area contributed by atoms with E-state index in [9.17, 15) is 18.0 Å². The van der Waals surface area contributed by atoms with Gasteiger partial charge < -0.3 is 4.90 Å². The third kappa shape index (κ3) is 5.13. The van der Waals surface area contributed by atoms with Crippen LogP contribution in [0.25, 0.3) is 0 Å². The van der Waals surface area contributed by atoms with Crippen LogP contribution in [0.2, 0.25) is 0 Å². The molecule has 0 aromatic carbocycles. The van der Waals surface area contributed by atoms with E-state index >= 15 is 0 Å². The Morgan fingerprint density at radius 3 is 2.11 bits per heavy atom. The molecule has 0 aliphatic carbocycles. The zero-order valence-electron chi connectivity index (χ0n) is 4.77. The van der Waals surface area contributed by atoms with Crippen LogP contribution in [0.15, 0.2) is 0 Å². The highest BCUT2D eigenvalue weighted by molar-refractivity contribution is 5.46. The number of carbonyl (C=O) groups is 1. The SMILES string of the molecule is CN(C=O)CC(F)(F)F. The molecule has 0 rings (SSSR count). The number of alkyl halides is 3. The Morgan fingerprint density at radius 1 is 1.56 bits per heavy atom. The Kier molecular flexibility index (Phi) is 2.48. The molecule has 0 atom stereocenters. The van der Waals surface area contributed by atoms with Gasteiger partial charge in [-0.25, -0.2) is 0 Å². The van der Waals surface area contributed by atoms with E-state index in [2.05, 4.69) is 0 Å². The zero-order chi connectivity index (χ0) is 7.49. The number of rotatable bonds is 2. The molecule has 0 spiro atoms. The van der Waals surface area contributed by atoms with E-state index < -0.39 is 12.7 Å². The van der Waals surface area contributed by atoms with Crippen molar-refractivity contribution in [1.29, 1.82) is 0 Å². The number of carbonyl (C=O) groups excluding carboxylic acids is 1. The Morgan fingerprint density at radius 2 is 2.00 bits per heavy atom. The first kappa shape index (κ1) is 8.26. The van der Waals surface area contributed by atoms with Crippen LogP contribution < -0.4 is 0 Å². The largest absolute Gasteiger partial charge is 0.405 e. The maximum absolute atomic E-state index is 11.3. The van der Waals surface area contributed by atoms with Crippen LogP contribution in [0, 0.1) is 0 Å². The van der Waals surface area contributed by atoms with E-state index in [-0.39, 0.29) is 6.41 Å². The maximum Gasteiger partial charge on any atom is 0.405 e. The predicted molar refractivity (Wildman–Crippen MR) is 24.7 cm³/mol. The maximum atomic E-state index is 11.3. The van der Waals surface area contributed by atoms with Gasteiger partial charge in [0.15, 0.2) is 0 Å². The van der Waals surface area contributed by atoms with Crippen LogP contribution in [0.4, 0.5) is 13.2 Å². The number of hydrogen-bond donors (Lipinski definition) is 0. The van der Waals surface area contributed by atoms with Gasteiger partial charge >= 0.3 is 6.18 Å². The van der Waals surface area contributed by atoms with Crippen molar-refractivity contribution in [3.05, 3.63) is 0 Å². The molecular weight excluding hydrogens is 135 g/mol. The molecule has 0 bridgehead atoms. The third-order valence-corrected chi connectivity index (χ3v) is 0.609. The normalized spacial score (nSPS) is 11.1. The van der Waals surface area contributed by atoms with Crippen molar-refractivity contribution >= 4 is 6.41 Å². The van der Waals surface area contributed by atoms with Gasteiger partial charge in [0.25, 0.3) is 0 Å². The van der Waals surface area contributed by atoms with Crippen LogP contribution in [-0.2, 0) is 4.79 Å². The molecule has 0 heterocycles. The first-order valence-electron chi connectivity index (χ1n) is 2.18. The molecule has 54 valence electrons. The Bertz CT molecular complexity index is 100. The van der Waals surface area contributed by atoms with Crippen LogP contribution in [-0.4, -0.2) is 31.1 Å². The topological polar surface area (TPSA) is 20.3 Å². The lowest BCUT2D eigenvalue weighted by Crippen LogP contribution is -2.29. The minimum Gasteiger partial charge on any atom is -0.339 e. The van der Waals surface area contributed by atoms with Gasteiger partial charge in [0, 0.05) is 7.05 Å². The summed E-state index contributed by atoms with van der Waals surface area (Å²) in [5.41, 5.74) is 0. The van der Waals surface area contributed by atoms with Crippen LogP contribution >= 0.6 is 0 Å². The summed E-state index contributed by atoms with van der Waals surface area (Å²) in [7, 11) is 1.07. The smallest absolute Gasteiger partial charge is 0.339 e. The summed E-state index contributed by atoms with van der Waals surface area (Å²) in [6.45, 7) is -1.18. The lowest BCUT2D eigenvalue weighted by atomic mass is 10.6. The second kappa shape index (κ2) is 2.70. The lowest BCUT2D eigenvalue weighted by Gasteiger charge is -2.12. The molecule has 2 nitrogen and oxygen atoms in total. The minimum absolute atomic E-state index is 0.132. The van der Waals surface area contributed by atoms with Crippen LogP contribution in [0.1, 0.15) is 0 Å². The second-order valence-electron chi connectivity index (χ2n) is 1.64. The van der Waals surface area contributed by atoms with Crippen LogP contribution in [0.3, 0.4) is 0 Å². The van der Waals surface area contributed by atoms with E-state index in [1.165, 1.54) is 0 Å². The first-order valence-corrected chi connectivity index (χ1v) is 2.18. The Labute approximate surface area is 50.3 Å². The van der Waals surface area contributed by atoms with Crippen molar-refractivity contribution in [1.82, 2.24) is 4.90 Å². The summed E-state index contributed by atoms with van der Waals surface area (Å²) >= 11 is 0. The number of nitrogens with zero attached hydrogens (tertiary/aromatic N) is 1. The van der Waals surface area contributed by atoms with Gasteiger partial charge in [-0.2, -0.15) is 13.2 Å². The summed E-state index contributed by atoms with van der Waals surface area (Å²) in [6.07, 6.45) is -4.15. The van der Waals surface area contributed by atoms with Crippen molar-refractivity contribution in [3.63, 3.8) is 0 Å². The highest BCUT2D eigenvalue weighted by Gasteiger charge is 2.28. The molecule has 0 saturated heterocycles. The predicted octanol–water partition coefficient (Wildman–Crippen LogP) is 0.637. The average molecular weight is 141 g/mol. The molecule has 5 heteroatoms. The summed E-state index contributed by atoms with van der Waals surface area (Å²) in [5.74, 6) is 0. The number of amides is 1. The molecule has 0 radical (unpaired) electrons. The zero-order valence-corrected chi connectivity index (χ0v) is 4.77. The van der Waals surface area contributed by atoms with E-state index in [0.29, 0.717) is 4.90 Å². The molecule has 0 saturated carbocycles. The summed E-state index contributed by atoms with van der Waals surface area (Å²) in [4.78, 5) is 10.1. The fraction of sp³-hybridized carbons (Fsp3) is 0.750. The van der Waals surface area contributed by atoms with Gasteiger partial charge in [0.2, 0.25) is 6.41 Å². The standard InChI is InChI=1S/C4H6F3NO/c1-8(3-9)2-4(5,6)7/h3H,2H2,1H3. The quantitative estimate of drug-likeness (QED) is 0.516. The second-order valence-corrected chi connectivity index (χ2v) is 1.64. The lowest BCUT2D eigenvalue weighted by molar-refractivity contribution is -0.151. The van der Waals surface area contributed by atoms with Gasteiger partial charge in [0.1, 0.15) is 6.54 Å². The molecule has 0 unspecified atom stereocenters. The number of hydrogen-bond acceptors (Lipinski definition) is 1. The van der Waals surface area contributed by atoms with Crippen molar-refractivity contribution < 1.29 is 18.0 Å². The summed E-state index contributed by atoms with van der Waals surface area (Å²) in [6, 6.07) is 0. The van der Waals surface area contributed by atoms with Gasteiger partial charge in [0.05, 0.1) is 0 Å².